The summed E-state index contributed by atoms with van der Waals surface area (Å²) in [5.41, 5.74) is 2.49. The van der Waals surface area contributed by atoms with Crippen molar-refractivity contribution in [2.24, 2.45) is 0 Å². The van der Waals surface area contributed by atoms with Crippen molar-refractivity contribution < 1.29 is 14.3 Å². The van der Waals surface area contributed by atoms with E-state index < -0.39 is 18.5 Å². The molecule has 0 aliphatic rings. The van der Waals surface area contributed by atoms with Gasteiger partial charge in [0.2, 0.25) is 0 Å². The molecule has 0 radical (unpaired) electrons. The first kappa shape index (κ1) is 20.0. The van der Waals surface area contributed by atoms with Gasteiger partial charge in [-0.1, -0.05) is 48.0 Å². The number of carbonyl (C=O) groups excluding carboxylic acids is 2. The Bertz CT molecular complexity index is 952. The van der Waals surface area contributed by atoms with Gasteiger partial charge >= 0.3 is 5.97 Å². The maximum atomic E-state index is 12.4. The summed E-state index contributed by atoms with van der Waals surface area (Å²) >= 11 is 7.61. The smallest absolute Gasteiger partial charge is 0.342 e. The number of halogens is 1. The van der Waals surface area contributed by atoms with Crippen LogP contribution in [0, 0.1) is 13.8 Å². The van der Waals surface area contributed by atoms with Crippen LogP contribution in [0.1, 0.15) is 38.1 Å². The van der Waals surface area contributed by atoms with Crippen LogP contribution >= 0.6 is 22.9 Å². The molecule has 1 N–H and O–H groups in total. The molecular formula is C21H19ClN2O3S. The molecule has 1 atom stereocenters. The quantitative estimate of drug-likeness (QED) is 0.477. The van der Waals surface area contributed by atoms with Crippen LogP contribution in [0.2, 0.25) is 5.15 Å². The summed E-state index contributed by atoms with van der Waals surface area (Å²) in [6, 6.07) is 14.9. The Morgan fingerprint density at radius 2 is 1.93 bits per heavy atom. The van der Waals surface area contributed by atoms with Gasteiger partial charge in [0.15, 0.2) is 6.61 Å². The van der Waals surface area contributed by atoms with Crippen molar-refractivity contribution in [3.8, 4) is 0 Å². The lowest BCUT2D eigenvalue weighted by molar-refractivity contribution is -0.124. The number of carbonyl (C=O) groups is 2. The molecule has 0 aliphatic carbocycles. The number of hydrogen-bond acceptors (Lipinski definition) is 5. The maximum absolute atomic E-state index is 12.4. The number of nitrogens with zero attached hydrogens (tertiary/aromatic N) is 1. The molecule has 5 nitrogen and oxygen atoms in total. The van der Waals surface area contributed by atoms with E-state index in [1.807, 2.05) is 47.8 Å². The predicted octanol–water partition coefficient (Wildman–Crippen LogP) is 4.48. The minimum Gasteiger partial charge on any atom is -0.452 e. The normalized spacial score (nSPS) is 11.7. The van der Waals surface area contributed by atoms with E-state index in [1.165, 1.54) is 0 Å². The monoisotopic (exact) mass is 414 g/mol. The lowest BCUT2D eigenvalue weighted by Crippen LogP contribution is -2.32. The average molecular weight is 415 g/mol. The molecule has 0 unspecified atom stereocenters. The Morgan fingerprint density at radius 1 is 1.18 bits per heavy atom. The minimum atomic E-state index is -0.669. The van der Waals surface area contributed by atoms with Crippen molar-refractivity contribution in [1.29, 1.82) is 0 Å². The van der Waals surface area contributed by atoms with E-state index in [1.54, 1.807) is 31.3 Å². The van der Waals surface area contributed by atoms with Crippen molar-refractivity contribution in [3.05, 3.63) is 86.3 Å². The molecule has 3 aromatic rings. The van der Waals surface area contributed by atoms with Gasteiger partial charge in [0.25, 0.3) is 5.91 Å². The average Bonchev–Trinajstić information content (AvgIpc) is 3.18. The Labute approximate surface area is 172 Å². The number of aromatic nitrogens is 1. The number of aryl methyl sites for hydroxylation is 2. The van der Waals surface area contributed by atoms with Crippen LogP contribution in [0.15, 0.2) is 53.9 Å². The van der Waals surface area contributed by atoms with Gasteiger partial charge in [-0.2, -0.15) is 0 Å². The second-order valence-electron chi connectivity index (χ2n) is 6.25. The fraction of sp³-hybridized carbons (Fsp3) is 0.190. The molecular weight excluding hydrogens is 396 g/mol. The fourth-order valence-corrected chi connectivity index (χ4v) is 4.02. The number of hydrogen-bond donors (Lipinski definition) is 1. The summed E-state index contributed by atoms with van der Waals surface area (Å²) < 4.78 is 5.17. The molecule has 144 valence electrons. The van der Waals surface area contributed by atoms with Crippen LogP contribution in [0.25, 0.3) is 0 Å². The highest BCUT2D eigenvalue weighted by Crippen LogP contribution is 2.26. The van der Waals surface area contributed by atoms with Gasteiger partial charge < -0.3 is 10.1 Å². The van der Waals surface area contributed by atoms with Gasteiger partial charge in [-0.3, -0.25) is 4.79 Å². The SMILES string of the molecule is Cc1cc(C)c(C(=O)OCC(=O)N[C@H](c2ccccc2)c2cccs2)c(Cl)n1. The number of nitrogens with one attached hydrogen (secondary N) is 1. The van der Waals surface area contributed by atoms with Gasteiger partial charge in [0.05, 0.1) is 11.6 Å². The van der Waals surface area contributed by atoms with Crippen LogP contribution in [0.5, 0.6) is 0 Å². The first-order chi connectivity index (χ1) is 13.5. The largest absolute Gasteiger partial charge is 0.452 e. The van der Waals surface area contributed by atoms with Crippen LogP contribution in [-0.2, 0) is 9.53 Å². The highest BCUT2D eigenvalue weighted by atomic mass is 35.5. The molecule has 0 aliphatic heterocycles. The number of benzene rings is 1. The van der Waals surface area contributed by atoms with E-state index in [9.17, 15) is 9.59 Å². The molecule has 7 heteroatoms. The summed E-state index contributed by atoms with van der Waals surface area (Å²) in [4.78, 5) is 29.9. The molecule has 1 amide bonds. The lowest BCUT2D eigenvalue weighted by atomic mass is 10.1. The van der Waals surface area contributed by atoms with Gasteiger partial charge in [0, 0.05) is 10.6 Å². The number of thiophene rings is 1. The zero-order valence-corrected chi connectivity index (χ0v) is 17.0. The first-order valence-electron chi connectivity index (χ1n) is 8.64. The van der Waals surface area contributed by atoms with E-state index >= 15 is 0 Å². The zero-order chi connectivity index (χ0) is 20.1. The number of amides is 1. The van der Waals surface area contributed by atoms with Gasteiger partial charge in [-0.15, -0.1) is 11.3 Å². The summed E-state index contributed by atoms with van der Waals surface area (Å²) in [6.45, 7) is 3.13. The third-order valence-corrected chi connectivity index (χ3v) is 5.32. The fourth-order valence-electron chi connectivity index (χ4n) is 2.86. The summed E-state index contributed by atoms with van der Waals surface area (Å²) in [7, 11) is 0. The van der Waals surface area contributed by atoms with Crippen molar-refractivity contribution in [2.45, 2.75) is 19.9 Å². The number of pyridine rings is 1. The molecule has 1 aromatic carbocycles. The van der Waals surface area contributed by atoms with Crippen molar-refractivity contribution >= 4 is 34.8 Å². The Hall–Kier alpha value is -2.70. The molecule has 0 bridgehead atoms. The van der Waals surface area contributed by atoms with E-state index in [2.05, 4.69) is 10.3 Å². The lowest BCUT2D eigenvalue weighted by Gasteiger charge is -2.18. The summed E-state index contributed by atoms with van der Waals surface area (Å²) in [5.74, 6) is -1.07. The molecule has 28 heavy (non-hydrogen) atoms. The van der Waals surface area contributed by atoms with Gasteiger partial charge in [-0.05, 0) is 42.5 Å². The van der Waals surface area contributed by atoms with Gasteiger partial charge in [0.1, 0.15) is 5.15 Å². The Morgan fingerprint density at radius 3 is 2.57 bits per heavy atom. The minimum absolute atomic E-state index is 0.0728. The predicted molar refractivity (Wildman–Crippen MR) is 110 cm³/mol. The van der Waals surface area contributed by atoms with Crippen molar-refractivity contribution in [3.63, 3.8) is 0 Å². The van der Waals surface area contributed by atoms with E-state index in [0.29, 0.717) is 11.3 Å². The Kier molecular flexibility index (Phi) is 6.44. The van der Waals surface area contributed by atoms with E-state index in [4.69, 9.17) is 16.3 Å². The second-order valence-corrected chi connectivity index (χ2v) is 7.59. The molecule has 0 saturated carbocycles. The van der Waals surface area contributed by atoms with Crippen LogP contribution in [0.3, 0.4) is 0 Å². The molecule has 0 fully saturated rings. The number of esters is 1. The standard InChI is InChI=1S/C21H19ClN2O3S/c1-13-11-14(2)23-20(22)18(13)21(26)27-12-17(25)24-19(16-9-6-10-28-16)15-7-4-3-5-8-15/h3-11,19H,12H2,1-2H3,(H,24,25)/t19-/m1/s1. The second kappa shape index (κ2) is 8.99. The number of rotatable bonds is 6. The number of ether oxygens (including phenoxy) is 1. The molecule has 2 heterocycles. The molecule has 3 rings (SSSR count). The summed E-state index contributed by atoms with van der Waals surface area (Å²) in [5, 5.41) is 4.95. The highest BCUT2D eigenvalue weighted by Gasteiger charge is 2.21. The Balaban J connectivity index is 1.68. The zero-order valence-electron chi connectivity index (χ0n) is 15.4. The van der Waals surface area contributed by atoms with Crippen LogP contribution in [0.4, 0.5) is 0 Å². The van der Waals surface area contributed by atoms with Gasteiger partial charge in [-0.25, -0.2) is 9.78 Å². The van der Waals surface area contributed by atoms with E-state index in [-0.39, 0.29) is 16.8 Å². The summed E-state index contributed by atoms with van der Waals surface area (Å²) in [6.07, 6.45) is 0. The van der Waals surface area contributed by atoms with E-state index in [0.717, 1.165) is 10.4 Å². The van der Waals surface area contributed by atoms with Crippen LogP contribution in [-0.4, -0.2) is 23.5 Å². The van der Waals surface area contributed by atoms with Crippen LogP contribution < -0.4 is 5.32 Å². The molecule has 2 aromatic heterocycles. The first-order valence-corrected chi connectivity index (χ1v) is 9.90. The molecule has 0 spiro atoms. The van der Waals surface area contributed by atoms with Crippen molar-refractivity contribution in [1.82, 2.24) is 10.3 Å². The third-order valence-electron chi connectivity index (χ3n) is 4.10. The topological polar surface area (TPSA) is 68.3 Å². The highest BCUT2D eigenvalue weighted by molar-refractivity contribution is 7.10. The molecule has 0 saturated heterocycles. The van der Waals surface area contributed by atoms with Crippen molar-refractivity contribution in [2.75, 3.05) is 6.61 Å². The third kappa shape index (κ3) is 4.77. The maximum Gasteiger partial charge on any atom is 0.342 e.